The molecule has 16 heteroatoms. The smallest absolute Gasteiger partial charge is 0.399 e. The Labute approximate surface area is 648 Å². The van der Waals surface area contributed by atoms with E-state index >= 15 is 0 Å². The Balaban J connectivity index is 0.000000112. The third-order valence-corrected chi connectivity index (χ3v) is 22.7. The minimum Gasteiger partial charge on any atom is -0.399 e. The lowest BCUT2D eigenvalue weighted by Crippen LogP contribution is -2.41. The number of nitrogens with zero attached hydrogens (tertiary/aromatic N) is 12. The van der Waals surface area contributed by atoms with Gasteiger partial charge in [-0.3, -0.25) is 18.3 Å². The van der Waals surface area contributed by atoms with Crippen molar-refractivity contribution in [1.82, 2.24) is 57.3 Å². The van der Waals surface area contributed by atoms with Crippen molar-refractivity contribution < 1.29 is 9.31 Å². The van der Waals surface area contributed by atoms with Gasteiger partial charge in [0, 0.05) is 81.3 Å². The average Bonchev–Trinajstić information content (AvgIpc) is 1.57. The van der Waals surface area contributed by atoms with Crippen LogP contribution in [-0.2, 0) is 9.31 Å². The number of fused-ring (bicyclic) bond motifs is 18. The van der Waals surface area contributed by atoms with Crippen LogP contribution in [-0.4, -0.2) is 75.6 Å². The number of hydrogen-bond acceptors (Lipinski definition) is 8. The summed E-state index contributed by atoms with van der Waals surface area (Å²) < 4.78 is 25.9. The zero-order valence-corrected chi connectivity index (χ0v) is 62.2. The van der Waals surface area contributed by atoms with E-state index in [0.29, 0.717) is 29.6 Å². The largest absolute Gasteiger partial charge is 0.496 e. The summed E-state index contributed by atoms with van der Waals surface area (Å²) in [5, 5.41) is 14.2. The molecule has 0 aliphatic carbocycles. The van der Waals surface area contributed by atoms with E-state index in [1.165, 1.54) is 32.6 Å². The molecule has 22 aromatic rings. The maximum atomic E-state index is 6.50. The minimum absolute atomic E-state index is 0.152. The molecule has 1 aliphatic heterocycles. The summed E-state index contributed by atoms with van der Waals surface area (Å²) in [6, 6.07) is 118. The number of para-hydroxylation sites is 14. The van der Waals surface area contributed by atoms with Crippen molar-refractivity contribution in [3.8, 4) is 46.6 Å². The highest BCUT2D eigenvalue weighted by Gasteiger charge is 2.52. The fraction of sp³-hybridized carbons (Fsp3) is 0.0625. The molecule has 0 amide bonds. The van der Waals surface area contributed by atoms with Gasteiger partial charge in [0.25, 0.3) is 0 Å². The predicted octanol–water partition coefficient (Wildman–Crippen LogP) is 22.6. The van der Waals surface area contributed by atoms with E-state index in [-0.39, 0.29) is 16.5 Å². The zero-order chi connectivity index (χ0) is 74.9. The molecular formula is C96H68BClN12O2. The number of hydrogen-bond donors (Lipinski definition) is 0. The maximum absolute atomic E-state index is 6.50. The van der Waals surface area contributed by atoms with Gasteiger partial charge < -0.3 is 18.4 Å². The Morgan fingerprint density at radius 1 is 0.232 bits per heavy atom. The van der Waals surface area contributed by atoms with Crippen molar-refractivity contribution in [2.24, 2.45) is 0 Å². The van der Waals surface area contributed by atoms with E-state index in [4.69, 9.17) is 40.8 Å². The zero-order valence-electron chi connectivity index (χ0n) is 61.5. The van der Waals surface area contributed by atoms with E-state index in [2.05, 4.69) is 356 Å². The lowest BCUT2D eigenvalue weighted by atomic mass is 9.77. The first-order valence-electron chi connectivity index (χ1n) is 37.6. The van der Waals surface area contributed by atoms with Crippen LogP contribution >= 0.6 is 11.6 Å². The number of halogens is 1. The molecule has 0 bridgehead atoms. The lowest BCUT2D eigenvalue weighted by Gasteiger charge is -2.32. The second-order valence-corrected chi connectivity index (χ2v) is 29.7. The fourth-order valence-corrected chi connectivity index (χ4v) is 17.0. The first-order chi connectivity index (χ1) is 55.0. The Kier molecular flexibility index (Phi) is 15.5. The number of aromatic nitrogens is 12. The molecule has 1 saturated heterocycles. The van der Waals surface area contributed by atoms with Crippen LogP contribution in [0.25, 0.3) is 177 Å². The van der Waals surface area contributed by atoms with E-state index in [1.54, 1.807) is 0 Å². The van der Waals surface area contributed by atoms with Crippen LogP contribution in [0, 0.1) is 0 Å². The molecule has 0 atom stereocenters. The number of rotatable bonds is 8. The summed E-state index contributed by atoms with van der Waals surface area (Å²) >= 11 is 6.50. The monoisotopic (exact) mass is 1470 g/mol. The van der Waals surface area contributed by atoms with Crippen LogP contribution < -0.4 is 5.46 Å². The Hall–Kier alpha value is -13.8. The van der Waals surface area contributed by atoms with Crippen molar-refractivity contribution >= 4 is 155 Å². The van der Waals surface area contributed by atoms with Gasteiger partial charge in [-0.25, -0.2) is 0 Å². The van der Waals surface area contributed by atoms with Gasteiger partial charge in [0.15, 0.2) is 5.82 Å². The molecule has 112 heavy (non-hydrogen) atoms. The maximum Gasteiger partial charge on any atom is 0.496 e. The molecule has 1 fully saturated rings. The Morgan fingerprint density at radius 2 is 0.438 bits per heavy atom. The first kappa shape index (κ1) is 66.4. The summed E-state index contributed by atoms with van der Waals surface area (Å²) in [5.74, 6) is 2.70. The van der Waals surface area contributed by atoms with E-state index in [1.807, 2.05) is 48.5 Å². The minimum atomic E-state index is -0.402. The quantitative estimate of drug-likeness (QED) is 0.138. The molecule has 0 radical (unpaired) electrons. The highest BCUT2D eigenvalue weighted by atomic mass is 35.5. The molecule has 23 rings (SSSR count). The van der Waals surface area contributed by atoms with Gasteiger partial charge in [0.2, 0.25) is 29.1 Å². The molecular weight excluding hydrogens is 1400 g/mol. The van der Waals surface area contributed by atoms with E-state index < -0.39 is 7.12 Å². The van der Waals surface area contributed by atoms with Gasteiger partial charge in [-0.15, -0.1) is 0 Å². The second-order valence-electron chi connectivity index (χ2n) is 29.3. The highest BCUT2D eigenvalue weighted by molar-refractivity contribution is 6.63. The SMILES string of the molecule is CC1(C)OB(c2ccccc2-n2c3ccccc3c3ccccc32)OC1(C)C.Clc1nc(-n2c3ccccc3c3ccccc32)nc(-n2c3ccccc3c3ccccc32)n1.c1ccc(-n2c3ccccc3c3ccccc32)c(-c2nc(-n3c4ccccc4c4ccccc43)nc(-n3c4ccccc4c4ccccc43)n2)c1. The van der Waals surface area contributed by atoms with Gasteiger partial charge in [-0.05, 0) is 130 Å². The van der Waals surface area contributed by atoms with Crippen LogP contribution in [0.15, 0.2) is 340 Å². The topological polar surface area (TPSA) is 125 Å². The van der Waals surface area contributed by atoms with E-state index in [9.17, 15) is 0 Å². The van der Waals surface area contributed by atoms with Crippen LogP contribution in [0.3, 0.4) is 0 Å². The third kappa shape index (κ3) is 10.6. The Morgan fingerprint density at radius 3 is 0.714 bits per heavy atom. The summed E-state index contributed by atoms with van der Waals surface area (Å²) in [4.78, 5) is 30.1. The van der Waals surface area contributed by atoms with Gasteiger partial charge in [-0.1, -0.05) is 249 Å². The average molecular weight is 1470 g/mol. The van der Waals surface area contributed by atoms with Gasteiger partial charge in [-0.2, -0.15) is 29.9 Å². The molecule has 0 saturated carbocycles. The van der Waals surface area contributed by atoms with Gasteiger partial charge in [0.1, 0.15) is 0 Å². The first-order valence-corrected chi connectivity index (χ1v) is 38.0. The fourth-order valence-electron chi connectivity index (χ4n) is 16.8. The number of benzene rings is 14. The van der Waals surface area contributed by atoms with Crippen molar-refractivity contribution in [3.63, 3.8) is 0 Å². The molecule has 8 aromatic heterocycles. The summed E-state index contributed by atoms with van der Waals surface area (Å²) in [7, 11) is -0.402. The van der Waals surface area contributed by atoms with Crippen molar-refractivity contribution in [3.05, 3.63) is 345 Å². The molecule has 0 N–H and O–H groups in total. The molecule has 14 aromatic carbocycles. The van der Waals surface area contributed by atoms with Crippen molar-refractivity contribution in [2.45, 2.75) is 38.9 Å². The van der Waals surface area contributed by atoms with E-state index in [0.717, 1.165) is 121 Å². The van der Waals surface area contributed by atoms with Crippen LogP contribution in [0.1, 0.15) is 27.7 Å². The molecule has 14 nitrogen and oxygen atoms in total. The third-order valence-electron chi connectivity index (χ3n) is 22.5. The van der Waals surface area contributed by atoms with Crippen molar-refractivity contribution in [1.29, 1.82) is 0 Å². The molecule has 1 aliphatic rings. The summed E-state index contributed by atoms with van der Waals surface area (Å²) in [6.07, 6.45) is 0. The van der Waals surface area contributed by atoms with Gasteiger partial charge in [0.05, 0.1) is 83.1 Å². The standard InChI is InChI=1S/C45H28N6.C27H16ClN5.C24H24BNO2/c1-8-22-36-29(15-1)30-16-2-9-23-37(30)49(36)42-28-14-7-21-35(42)43-46-44(50-38-24-10-3-17-31(38)32-18-4-11-25-39(32)50)48-45(47-43)51-40-26-12-5-19-33(40)34-20-6-13-27-41(34)51;28-25-29-26(32-21-13-5-1-9-17(21)18-10-2-6-14-22(18)32)31-27(30-25)33-23-15-7-3-11-19(23)20-12-4-8-16-24(20)33;1-23(2)24(3,4)28-25(27-23)19-13-7-10-16-22(19)26-20-14-8-5-11-17(20)18-12-6-9-15-21(18)26/h1-28H;1-16H;5-16H,1-4H3. The van der Waals surface area contributed by atoms with Crippen molar-refractivity contribution in [2.75, 3.05) is 0 Å². The summed E-state index contributed by atoms with van der Waals surface area (Å²) in [6.45, 7) is 8.37. The molecule has 0 spiro atoms. The molecule has 534 valence electrons. The molecule has 9 heterocycles. The Bertz CT molecular complexity index is 6950. The van der Waals surface area contributed by atoms with Gasteiger partial charge >= 0.3 is 7.12 Å². The highest BCUT2D eigenvalue weighted by Crippen LogP contribution is 2.42. The second kappa shape index (κ2) is 26.2. The van der Waals surface area contributed by atoms with Crippen LogP contribution in [0.4, 0.5) is 0 Å². The predicted molar refractivity (Wildman–Crippen MR) is 458 cm³/mol. The lowest BCUT2D eigenvalue weighted by molar-refractivity contribution is 0.00578. The summed E-state index contributed by atoms with van der Waals surface area (Å²) in [5.41, 5.74) is 16.2. The normalized spacial score (nSPS) is 13.5. The van der Waals surface area contributed by atoms with Crippen LogP contribution in [0.2, 0.25) is 5.28 Å². The molecule has 0 unspecified atom stereocenters. The van der Waals surface area contributed by atoms with Crippen LogP contribution in [0.5, 0.6) is 0 Å².